The van der Waals surface area contributed by atoms with Crippen LogP contribution in [0.4, 0.5) is 5.69 Å². The molecule has 7 heteroatoms. The molecule has 1 saturated heterocycles. The van der Waals surface area contributed by atoms with Crippen LogP contribution in [0.3, 0.4) is 0 Å². The molecule has 29 heavy (non-hydrogen) atoms. The monoisotopic (exact) mass is 469 g/mol. The van der Waals surface area contributed by atoms with Gasteiger partial charge >= 0.3 is 0 Å². The zero-order chi connectivity index (χ0) is 20.8. The summed E-state index contributed by atoms with van der Waals surface area (Å²) in [5.74, 6) is -0.572. The van der Waals surface area contributed by atoms with E-state index in [1.807, 2.05) is 55.5 Å². The SMILES string of the molecule is CC[C@@H]1S/C(=C(\C#N)C(=O)NCCc2ccccc2)N(c2ccc(Br)cc2)C1=O. The van der Waals surface area contributed by atoms with Gasteiger partial charge in [0.1, 0.15) is 16.7 Å². The molecule has 1 N–H and O–H groups in total. The number of rotatable bonds is 6. The number of hydrogen-bond donors (Lipinski definition) is 1. The summed E-state index contributed by atoms with van der Waals surface area (Å²) in [6.07, 6.45) is 1.29. The van der Waals surface area contributed by atoms with E-state index in [4.69, 9.17) is 0 Å². The van der Waals surface area contributed by atoms with E-state index < -0.39 is 5.91 Å². The number of halogens is 1. The number of benzene rings is 2. The molecule has 2 aromatic carbocycles. The Kier molecular flexibility index (Phi) is 7.13. The Bertz CT molecular complexity index is 968. The van der Waals surface area contributed by atoms with Crippen LogP contribution in [0.1, 0.15) is 18.9 Å². The van der Waals surface area contributed by atoms with Gasteiger partial charge in [0.15, 0.2) is 0 Å². The van der Waals surface area contributed by atoms with Crippen molar-refractivity contribution in [1.29, 1.82) is 5.26 Å². The van der Waals surface area contributed by atoms with Gasteiger partial charge in [-0.15, -0.1) is 0 Å². The van der Waals surface area contributed by atoms with Gasteiger partial charge in [0.25, 0.3) is 5.91 Å². The minimum absolute atomic E-state index is 0.0321. The second-order valence-electron chi connectivity index (χ2n) is 6.45. The molecule has 148 valence electrons. The average Bonchev–Trinajstić information content (AvgIpc) is 3.06. The number of hydrogen-bond acceptors (Lipinski definition) is 4. The molecule has 0 aromatic heterocycles. The highest BCUT2D eigenvalue weighted by Gasteiger charge is 2.39. The van der Waals surface area contributed by atoms with Gasteiger partial charge in [0.05, 0.1) is 5.25 Å². The van der Waals surface area contributed by atoms with Crippen LogP contribution >= 0.6 is 27.7 Å². The molecule has 0 radical (unpaired) electrons. The van der Waals surface area contributed by atoms with Gasteiger partial charge in [-0.3, -0.25) is 14.5 Å². The van der Waals surface area contributed by atoms with Crippen LogP contribution in [0.5, 0.6) is 0 Å². The second kappa shape index (κ2) is 9.77. The van der Waals surface area contributed by atoms with E-state index in [0.29, 0.717) is 30.1 Å². The van der Waals surface area contributed by atoms with E-state index in [1.165, 1.54) is 16.7 Å². The van der Waals surface area contributed by atoms with Gasteiger partial charge < -0.3 is 5.32 Å². The van der Waals surface area contributed by atoms with E-state index in [9.17, 15) is 14.9 Å². The molecular weight excluding hydrogens is 450 g/mol. The van der Waals surface area contributed by atoms with Crippen LogP contribution < -0.4 is 10.2 Å². The number of anilines is 1. The lowest BCUT2D eigenvalue weighted by atomic mass is 10.1. The van der Waals surface area contributed by atoms with Crippen LogP contribution in [0, 0.1) is 11.3 Å². The Hall–Kier alpha value is -2.56. The maximum atomic E-state index is 12.9. The van der Waals surface area contributed by atoms with Crippen molar-refractivity contribution in [2.24, 2.45) is 0 Å². The lowest BCUT2D eigenvalue weighted by molar-refractivity contribution is -0.117. The summed E-state index contributed by atoms with van der Waals surface area (Å²) in [6, 6.07) is 19.1. The molecule has 0 bridgehead atoms. The number of nitriles is 1. The van der Waals surface area contributed by atoms with Crippen LogP contribution in [-0.2, 0) is 16.0 Å². The highest BCUT2D eigenvalue weighted by atomic mass is 79.9. The zero-order valence-electron chi connectivity index (χ0n) is 15.9. The first-order chi connectivity index (χ1) is 14.0. The summed E-state index contributed by atoms with van der Waals surface area (Å²) in [5.41, 5.74) is 1.71. The summed E-state index contributed by atoms with van der Waals surface area (Å²) in [7, 11) is 0. The number of carbonyl (C=O) groups excluding carboxylic acids is 2. The molecule has 1 aliphatic rings. The van der Waals surface area contributed by atoms with Crippen LogP contribution in [0.2, 0.25) is 0 Å². The first-order valence-electron chi connectivity index (χ1n) is 9.27. The normalized spacial score (nSPS) is 17.8. The topological polar surface area (TPSA) is 73.2 Å². The van der Waals surface area contributed by atoms with E-state index in [2.05, 4.69) is 21.2 Å². The Morgan fingerprint density at radius 3 is 2.52 bits per heavy atom. The average molecular weight is 470 g/mol. The standard InChI is InChI=1S/C22H20BrN3O2S/c1-2-19-21(28)26(17-10-8-16(23)9-11-17)22(29-19)18(14-24)20(27)25-13-12-15-6-4-3-5-7-15/h3-11,19H,2,12-13H2,1H3,(H,25,27)/b22-18+/t19-/m0/s1. The van der Waals surface area contributed by atoms with Gasteiger partial charge in [-0.25, -0.2) is 0 Å². The van der Waals surface area contributed by atoms with Crippen LogP contribution in [0.15, 0.2) is 69.7 Å². The fourth-order valence-corrected chi connectivity index (χ4v) is 4.46. The van der Waals surface area contributed by atoms with Gasteiger partial charge in [0.2, 0.25) is 5.91 Å². The van der Waals surface area contributed by atoms with Crippen molar-refractivity contribution in [2.75, 3.05) is 11.4 Å². The Morgan fingerprint density at radius 2 is 1.90 bits per heavy atom. The number of carbonyl (C=O) groups is 2. The van der Waals surface area contributed by atoms with Crippen molar-refractivity contribution >= 4 is 45.2 Å². The largest absolute Gasteiger partial charge is 0.351 e. The molecule has 1 heterocycles. The Morgan fingerprint density at radius 1 is 1.21 bits per heavy atom. The van der Waals surface area contributed by atoms with E-state index >= 15 is 0 Å². The lowest BCUT2D eigenvalue weighted by Crippen LogP contribution is -2.32. The molecule has 1 fully saturated rings. The minimum atomic E-state index is -0.461. The second-order valence-corrected chi connectivity index (χ2v) is 8.56. The summed E-state index contributed by atoms with van der Waals surface area (Å²) >= 11 is 4.66. The molecule has 1 atom stereocenters. The predicted molar refractivity (Wildman–Crippen MR) is 119 cm³/mol. The summed E-state index contributed by atoms with van der Waals surface area (Å²) < 4.78 is 0.886. The maximum absolute atomic E-state index is 12.9. The lowest BCUT2D eigenvalue weighted by Gasteiger charge is -2.18. The third-order valence-corrected chi connectivity index (χ3v) is 6.46. The first kappa shape index (κ1) is 21.2. The summed E-state index contributed by atoms with van der Waals surface area (Å²) in [6.45, 7) is 2.33. The third-order valence-electron chi connectivity index (χ3n) is 4.50. The van der Waals surface area contributed by atoms with Gasteiger partial charge in [-0.1, -0.05) is 64.9 Å². The van der Waals surface area contributed by atoms with Gasteiger partial charge in [-0.2, -0.15) is 5.26 Å². The van der Waals surface area contributed by atoms with Crippen molar-refractivity contribution in [3.05, 3.63) is 75.2 Å². The molecule has 0 saturated carbocycles. The Balaban J connectivity index is 1.84. The number of nitrogens with one attached hydrogen (secondary N) is 1. The minimum Gasteiger partial charge on any atom is -0.351 e. The Labute approximate surface area is 182 Å². The third kappa shape index (κ3) is 4.89. The summed E-state index contributed by atoms with van der Waals surface area (Å²) in [5, 5.41) is 12.6. The molecule has 3 rings (SSSR count). The molecule has 2 amide bonds. The van der Waals surface area contributed by atoms with Crippen molar-refractivity contribution < 1.29 is 9.59 Å². The first-order valence-corrected chi connectivity index (χ1v) is 10.9. The smallest absolute Gasteiger partial charge is 0.264 e. The van der Waals surface area contributed by atoms with Crippen molar-refractivity contribution in [3.8, 4) is 6.07 Å². The van der Waals surface area contributed by atoms with Crippen molar-refractivity contribution in [2.45, 2.75) is 25.0 Å². The van der Waals surface area contributed by atoms with Gasteiger partial charge in [0, 0.05) is 16.7 Å². The number of thioether (sulfide) groups is 1. The summed E-state index contributed by atoms with van der Waals surface area (Å²) in [4.78, 5) is 27.1. The molecule has 0 aliphatic carbocycles. The van der Waals surface area contributed by atoms with E-state index in [0.717, 1.165) is 10.0 Å². The fourth-order valence-electron chi connectivity index (χ4n) is 2.99. The number of nitrogens with zero attached hydrogens (tertiary/aromatic N) is 2. The molecule has 2 aromatic rings. The quantitative estimate of drug-likeness (QED) is 0.502. The van der Waals surface area contributed by atoms with Crippen LogP contribution in [0.25, 0.3) is 0 Å². The molecule has 0 unspecified atom stereocenters. The van der Waals surface area contributed by atoms with Crippen molar-refractivity contribution in [3.63, 3.8) is 0 Å². The predicted octanol–water partition coefficient (Wildman–Crippen LogP) is 4.40. The zero-order valence-corrected chi connectivity index (χ0v) is 18.3. The fraction of sp³-hybridized carbons (Fsp3) is 0.227. The van der Waals surface area contributed by atoms with Crippen LogP contribution in [-0.4, -0.2) is 23.6 Å². The van der Waals surface area contributed by atoms with Gasteiger partial charge in [-0.05, 0) is 42.7 Å². The van der Waals surface area contributed by atoms with E-state index in [-0.39, 0.29) is 16.7 Å². The highest BCUT2D eigenvalue weighted by molar-refractivity contribution is 9.10. The maximum Gasteiger partial charge on any atom is 0.264 e. The van der Waals surface area contributed by atoms with E-state index in [1.54, 1.807) is 12.1 Å². The molecule has 5 nitrogen and oxygen atoms in total. The van der Waals surface area contributed by atoms with Crippen molar-refractivity contribution in [1.82, 2.24) is 5.32 Å². The highest BCUT2D eigenvalue weighted by Crippen LogP contribution is 2.41. The molecular formula is C22H20BrN3O2S. The molecule has 0 spiro atoms. The number of amides is 2. The molecule has 1 aliphatic heterocycles.